The molecule has 8 nitrogen and oxygen atoms in total. The number of nitrogens with one attached hydrogen (secondary N) is 2. The van der Waals surface area contributed by atoms with Crippen LogP contribution >= 0.6 is 0 Å². The number of hydrogen-bond acceptors (Lipinski definition) is 6. The van der Waals surface area contributed by atoms with Crippen molar-refractivity contribution in [3.05, 3.63) is 58.5 Å². The number of nitro groups is 1. The van der Waals surface area contributed by atoms with Crippen molar-refractivity contribution in [2.45, 2.75) is 6.92 Å². The van der Waals surface area contributed by atoms with Crippen LogP contribution in [0.4, 0.5) is 17.2 Å². The zero-order chi connectivity index (χ0) is 16.2. The van der Waals surface area contributed by atoms with E-state index in [-0.39, 0.29) is 5.69 Å². The number of fused-ring (bicyclic) bond motifs is 1. The third-order valence-electron chi connectivity index (χ3n) is 3.35. The van der Waals surface area contributed by atoms with Crippen molar-refractivity contribution in [1.29, 1.82) is 0 Å². The minimum absolute atomic E-state index is 0.0686. The summed E-state index contributed by atoms with van der Waals surface area (Å²) in [5.74, 6) is 0.734. The summed E-state index contributed by atoms with van der Waals surface area (Å²) in [5, 5.41) is 21.6. The van der Waals surface area contributed by atoms with Crippen molar-refractivity contribution in [2.24, 2.45) is 0 Å². The second kappa shape index (κ2) is 6.30. The normalized spacial score (nSPS) is 10.7. The summed E-state index contributed by atoms with van der Waals surface area (Å²) in [6, 6.07) is 8.53. The first-order chi connectivity index (χ1) is 11.1. The maximum absolute atomic E-state index is 11.0. The summed E-state index contributed by atoms with van der Waals surface area (Å²) in [6.45, 7) is 3.02. The zero-order valence-electron chi connectivity index (χ0n) is 12.6. The molecule has 0 radical (unpaired) electrons. The molecule has 0 fully saturated rings. The zero-order valence-corrected chi connectivity index (χ0v) is 12.6. The molecule has 0 atom stereocenters. The summed E-state index contributed by atoms with van der Waals surface area (Å²) in [7, 11) is 0. The molecule has 2 aromatic heterocycles. The van der Waals surface area contributed by atoms with Crippen LogP contribution in [0.5, 0.6) is 0 Å². The summed E-state index contributed by atoms with van der Waals surface area (Å²) < 4.78 is 1.76. The minimum atomic E-state index is -0.396. The number of nitro benzene ring substituents is 1. The topological polar surface area (TPSA) is 97.4 Å². The van der Waals surface area contributed by atoms with Crippen LogP contribution in [0.15, 0.2) is 42.7 Å². The van der Waals surface area contributed by atoms with Crippen LogP contribution in [0, 0.1) is 17.0 Å². The molecule has 8 heteroatoms. The third kappa shape index (κ3) is 3.20. The highest BCUT2D eigenvalue weighted by molar-refractivity contribution is 5.67. The number of para-hydroxylation sites is 2. The van der Waals surface area contributed by atoms with Crippen LogP contribution in [0.3, 0.4) is 0 Å². The van der Waals surface area contributed by atoms with Crippen molar-refractivity contribution in [3.8, 4) is 0 Å². The lowest BCUT2D eigenvalue weighted by Gasteiger charge is -2.09. The highest BCUT2D eigenvalue weighted by atomic mass is 16.6. The lowest BCUT2D eigenvalue weighted by Crippen LogP contribution is -2.15. The van der Waals surface area contributed by atoms with Gasteiger partial charge in [0.25, 0.3) is 5.69 Å². The Morgan fingerprint density at radius 1 is 1.26 bits per heavy atom. The Labute approximate surface area is 132 Å². The summed E-state index contributed by atoms with van der Waals surface area (Å²) in [6.07, 6.45) is 3.47. The smallest absolute Gasteiger partial charge is 0.292 e. The first kappa shape index (κ1) is 14.8. The molecule has 0 spiro atoms. The molecule has 0 unspecified atom stereocenters. The molecule has 0 aliphatic carbocycles. The van der Waals surface area contributed by atoms with E-state index in [1.165, 1.54) is 6.07 Å². The third-order valence-corrected chi connectivity index (χ3v) is 3.35. The maximum atomic E-state index is 11.0. The second-order valence-electron chi connectivity index (χ2n) is 5.02. The molecule has 0 saturated heterocycles. The molecular weight excluding hydrogens is 296 g/mol. The van der Waals surface area contributed by atoms with Gasteiger partial charge in [0.15, 0.2) is 5.82 Å². The first-order valence-corrected chi connectivity index (χ1v) is 7.17. The second-order valence-corrected chi connectivity index (χ2v) is 5.02. The van der Waals surface area contributed by atoms with Crippen molar-refractivity contribution in [2.75, 3.05) is 23.7 Å². The molecule has 0 amide bonds. The van der Waals surface area contributed by atoms with Crippen molar-refractivity contribution >= 4 is 22.7 Å². The lowest BCUT2D eigenvalue weighted by atomic mass is 10.2. The van der Waals surface area contributed by atoms with Gasteiger partial charge in [-0.1, -0.05) is 12.1 Å². The Bertz CT molecular complexity index is 845. The molecule has 0 aliphatic rings. The Morgan fingerprint density at radius 2 is 2.04 bits per heavy atom. The van der Waals surface area contributed by atoms with Crippen LogP contribution in [-0.2, 0) is 0 Å². The number of nitrogens with zero attached hydrogens (tertiary/aromatic N) is 4. The van der Waals surface area contributed by atoms with E-state index in [0.717, 1.165) is 17.0 Å². The molecule has 2 N–H and O–H groups in total. The predicted octanol–water partition coefficient (Wildman–Crippen LogP) is 2.47. The van der Waals surface area contributed by atoms with E-state index in [1.807, 2.05) is 13.0 Å². The van der Waals surface area contributed by atoms with Gasteiger partial charge in [-0.05, 0) is 19.1 Å². The summed E-state index contributed by atoms with van der Waals surface area (Å²) in [5.41, 5.74) is 2.39. The molecule has 0 aliphatic heterocycles. The Kier molecular flexibility index (Phi) is 4.05. The Morgan fingerprint density at radius 3 is 2.87 bits per heavy atom. The van der Waals surface area contributed by atoms with E-state index >= 15 is 0 Å². The quantitative estimate of drug-likeness (QED) is 0.412. The van der Waals surface area contributed by atoms with Gasteiger partial charge < -0.3 is 10.6 Å². The van der Waals surface area contributed by atoms with Gasteiger partial charge in [0.2, 0.25) is 0 Å². The summed E-state index contributed by atoms with van der Waals surface area (Å²) >= 11 is 0. The average molecular weight is 312 g/mol. The molecule has 3 rings (SSSR count). The van der Waals surface area contributed by atoms with E-state index in [0.29, 0.717) is 18.8 Å². The largest absolute Gasteiger partial charge is 0.378 e. The minimum Gasteiger partial charge on any atom is -0.378 e. The van der Waals surface area contributed by atoms with Crippen molar-refractivity contribution in [3.63, 3.8) is 0 Å². The Balaban J connectivity index is 1.63. The molecule has 0 bridgehead atoms. The number of hydrogen-bond donors (Lipinski definition) is 2. The van der Waals surface area contributed by atoms with Crippen LogP contribution in [0.25, 0.3) is 5.52 Å². The fraction of sp³-hybridized carbons (Fsp3) is 0.200. The highest BCUT2D eigenvalue weighted by Crippen LogP contribution is 2.22. The van der Waals surface area contributed by atoms with E-state index in [2.05, 4.69) is 20.7 Å². The van der Waals surface area contributed by atoms with Crippen molar-refractivity contribution in [1.82, 2.24) is 14.6 Å². The number of aromatic nitrogens is 3. The molecular formula is C15H16N6O2. The van der Waals surface area contributed by atoms with Gasteiger partial charge in [-0.15, -0.1) is 0 Å². The van der Waals surface area contributed by atoms with Gasteiger partial charge >= 0.3 is 0 Å². The van der Waals surface area contributed by atoms with E-state index in [4.69, 9.17) is 0 Å². The monoisotopic (exact) mass is 312 g/mol. The van der Waals surface area contributed by atoms with Crippen LogP contribution < -0.4 is 10.6 Å². The Hall–Kier alpha value is -3.16. The molecule has 2 heterocycles. The van der Waals surface area contributed by atoms with Gasteiger partial charge in [-0.3, -0.25) is 10.1 Å². The lowest BCUT2D eigenvalue weighted by molar-refractivity contribution is -0.384. The summed E-state index contributed by atoms with van der Waals surface area (Å²) in [4.78, 5) is 14.9. The number of anilines is 2. The molecule has 118 valence electrons. The fourth-order valence-corrected chi connectivity index (χ4v) is 2.34. The first-order valence-electron chi connectivity index (χ1n) is 7.17. The number of rotatable bonds is 6. The van der Waals surface area contributed by atoms with Gasteiger partial charge in [0.05, 0.1) is 10.6 Å². The number of aryl methyl sites for hydroxylation is 1. The van der Waals surface area contributed by atoms with E-state index in [1.54, 1.807) is 35.1 Å². The molecule has 3 aromatic rings. The van der Waals surface area contributed by atoms with Crippen LogP contribution in [0.1, 0.15) is 5.69 Å². The molecule has 1 aromatic carbocycles. The molecule has 0 saturated carbocycles. The fourth-order valence-electron chi connectivity index (χ4n) is 2.34. The SMILES string of the molecule is Cc1cc2c(NCCNc3ccccc3[N+](=O)[O-])nccn2n1. The van der Waals surface area contributed by atoms with Gasteiger partial charge in [0.1, 0.15) is 11.2 Å². The maximum Gasteiger partial charge on any atom is 0.292 e. The van der Waals surface area contributed by atoms with Gasteiger partial charge in [-0.25, -0.2) is 9.50 Å². The van der Waals surface area contributed by atoms with Crippen molar-refractivity contribution < 1.29 is 4.92 Å². The van der Waals surface area contributed by atoms with E-state index < -0.39 is 4.92 Å². The van der Waals surface area contributed by atoms with Crippen LogP contribution in [0.2, 0.25) is 0 Å². The predicted molar refractivity (Wildman–Crippen MR) is 87.8 cm³/mol. The van der Waals surface area contributed by atoms with E-state index in [9.17, 15) is 10.1 Å². The molecule has 23 heavy (non-hydrogen) atoms. The number of benzene rings is 1. The van der Waals surface area contributed by atoms with Crippen LogP contribution in [-0.4, -0.2) is 32.6 Å². The average Bonchev–Trinajstić information content (AvgIpc) is 2.92. The standard InChI is InChI=1S/C15H16N6O2/c1-11-10-14-15(18-8-9-20(14)19-11)17-7-6-16-12-4-2-3-5-13(12)21(22)23/h2-5,8-10,16H,6-7H2,1H3,(H,17,18). The highest BCUT2D eigenvalue weighted by Gasteiger charge is 2.11. The van der Waals surface area contributed by atoms with Gasteiger partial charge in [-0.2, -0.15) is 5.10 Å². The van der Waals surface area contributed by atoms with Gasteiger partial charge in [0, 0.05) is 31.5 Å².